The van der Waals surface area contributed by atoms with Crippen LogP contribution in [0.25, 0.3) is 0 Å². The van der Waals surface area contributed by atoms with Crippen LogP contribution in [0.5, 0.6) is 0 Å². The minimum absolute atomic E-state index is 0.749. The third-order valence-corrected chi connectivity index (χ3v) is 6.05. The van der Waals surface area contributed by atoms with E-state index in [-0.39, 0.29) is 0 Å². The van der Waals surface area contributed by atoms with Crippen molar-refractivity contribution in [3.63, 3.8) is 0 Å². The lowest BCUT2D eigenvalue weighted by Crippen LogP contribution is -2.66. The van der Waals surface area contributed by atoms with E-state index in [4.69, 9.17) is 23.7 Å². The van der Waals surface area contributed by atoms with Crippen LogP contribution in [0.3, 0.4) is 0 Å². The quantitative estimate of drug-likeness (QED) is 0.167. The maximum Gasteiger partial charge on any atom is 0.187 e. The molecule has 0 unspecified atom stereocenters. The third kappa shape index (κ3) is 5.32. The lowest BCUT2D eigenvalue weighted by atomic mass is 9.96. The summed E-state index contributed by atoms with van der Waals surface area (Å²) < 4.78 is 26.6. The number of aliphatic hydroxyl groups excluding tert-OH is 10. The smallest absolute Gasteiger partial charge is 0.187 e. The molecule has 3 saturated heterocycles. The maximum atomic E-state index is 10.7. The van der Waals surface area contributed by atoms with Crippen LogP contribution in [0.4, 0.5) is 0 Å². The van der Waals surface area contributed by atoms with E-state index in [1.165, 1.54) is 6.92 Å². The molecule has 0 aromatic heterocycles. The van der Waals surface area contributed by atoms with Gasteiger partial charge in [-0.05, 0) is 6.92 Å². The molecule has 3 aliphatic heterocycles. The Morgan fingerprint density at radius 2 is 1.12 bits per heavy atom. The molecule has 15 atom stereocenters. The largest absolute Gasteiger partial charge is 0.394 e. The highest BCUT2D eigenvalue weighted by Gasteiger charge is 2.53. The van der Waals surface area contributed by atoms with E-state index in [1.807, 2.05) is 0 Å². The lowest BCUT2D eigenvalue weighted by molar-refractivity contribution is -0.377. The van der Waals surface area contributed by atoms with Crippen LogP contribution in [0, 0.1) is 0 Å². The SMILES string of the molecule is C[C@H]1O[C@H](O[C@@H]2[C@H](O)[C@H](O[C@H]3[C@H](O)[C@H](O)[C@H](O)O[C@@H]3CO)O[C@H](CO)[C@H]2O)[C@@H](O)[C@@H](O)[C@@H]1O. The third-order valence-electron chi connectivity index (χ3n) is 6.05. The van der Waals surface area contributed by atoms with Crippen molar-refractivity contribution in [2.24, 2.45) is 0 Å². The van der Waals surface area contributed by atoms with Crippen molar-refractivity contribution in [1.82, 2.24) is 0 Å². The summed E-state index contributed by atoms with van der Waals surface area (Å²) in [6, 6.07) is 0. The summed E-state index contributed by atoms with van der Waals surface area (Å²) >= 11 is 0. The second-order valence-electron chi connectivity index (χ2n) is 8.32. The predicted molar refractivity (Wildman–Crippen MR) is 99.8 cm³/mol. The Balaban J connectivity index is 1.77. The molecule has 10 N–H and O–H groups in total. The van der Waals surface area contributed by atoms with Crippen molar-refractivity contribution >= 4 is 0 Å². The fourth-order valence-electron chi connectivity index (χ4n) is 4.00. The summed E-state index contributed by atoms with van der Waals surface area (Å²) in [4.78, 5) is 0. The average molecular weight is 488 g/mol. The normalized spacial score (nSPS) is 53.7. The highest BCUT2D eigenvalue weighted by atomic mass is 16.7. The molecule has 3 fully saturated rings. The first-order chi connectivity index (χ1) is 15.5. The Morgan fingerprint density at radius 1 is 0.545 bits per heavy atom. The van der Waals surface area contributed by atoms with Crippen LogP contribution in [0.2, 0.25) is 0 Å². The summed E-state index contributed by atoms with van der Waals surface area (Å²) in [5, 5.41) is 99.9. The average Bonchev–Trinajstić information content (AvgIpc) is 2.79. The Morgan fingerprint density at radius 3 is 1.73 bits per heavy atom. The second kappa shape index (κ2) is 11.0. The molecule has 0 aromatic rings. The van der Waals surface area contributed by atoms with Gasteiger partial charge in [0.1, 0.15) is 67.1 Å². The first-order valence-corrected chi connectivity index (χ1v) is 10.4. The van der Waals surface area contributed by atoms with Gasteiger partial charge in [0.15, 0.2) is 18.9 Å². The zero-order chi connectivity index (χ0) is 24.6. The van der Waals surface area contributed by atoms with E-state index >= 15 is 0 Å². The van der Waals surface area contributed by atoms with Crippen molar-refractivity contribution in [1.29, 1.82) is 0 Å². The monoisotopic (exact) mass is 488 g/mol. The summed E-state index contributed by atoms with van der Waals surface area (Å²) in [6.07, 6.45) is -23.9. The first kappa shape index (κ1) is 27.0. The lowest BCUT2D eigenvalue weighted by Gasteiger charge is -2.47. The van der Waals surface area contributed by atoms with Gasteiger partial charge >= 0.3 is 0 Å². The Bertz CT molecular complexity index is 624. The van der Waals surface area contributed by atoms with E-state index in [0.717, 1.165) is 0 Å². The summed E-state index contributed by atoms with van der Waals surface area (Å²) in [5.74, 6) is 0. The summed E-state index contributed by atoms with van der Waals surface area (Å²) in [7, 11) is 0. The Kier molecular flexibility index (Phi) is 8.99. The molecule has 33 heavy (non-hydrogen) atoms. The molecule has 15 heteroatoms. The van der Waals surface area contributed by atoms with Crippen LogP contribution in [0.15, 0.2) is 0 Å². The zero-order valence-electron chi connectivity index (χ0n) is 17.6. The minimum atomic E-state index is -1.84. The highest BCUT2D eigenvalue weighted by Crippen LogP contribution is 2.32. The van der Waals surface area contributed by atoms with E-state index in [9.17, 15) is 51.1 Å². The van der Waals surface area contributed by atoms with Crippen LogP contribution >= 0.6 is 0 Å². The molecular weight excluding hydrogens is 456 g/mol. The van der Waals surface area contributed by atoms with Crippen LogP contribution < -0.4 is 0 Å². The molecule has 194 valence electrons. The molecule has 0 saturated carbocycles. The zero-order valence-corrected chi connectivity index (χ0v) is 17.6. The topological polar surface area (TPSA) is 248 Å². The van der Waals surface area contributed by atoms with E-state index < -0.39 is 105 Å². The molecule has 3 heterocycles. The van der Waals surface area contributed by atoms with Gasteiger partial charge < -0.3 is 74.7 Å². The van der Waals surface area contributed by atoms with Crippen LogP contribution in [-0.2, 0) is 23.7 Å². The molecule has 3 aliphatic rings. The number of hydrogen-bond donors (Lipinski definition) is 10. The van der Waals surface area contributed by atoms with E-state index in [0.29, 0.717) is 0 Å². The fourth-order valence-corrected chi connectivity index (χ4v) is 4.00. The van der Waals surface area contributed by atoms with Gasteiger partial charge in [0.25, 0.3) is 0 Å². The molecule has 0 spiro atoms. The van der Waals surface area contributed by atoms with Crippen molar-refractivity contribution in [3.05, 3.63) is 0 Å². The molecule has 0 aliphatic carbocycles. The van der Waals surface area contributed by atoms with Crippen molar-refractivity contribution in [2.45, 2.75) is 99.0 Å². The van der Waals surface area contributed by atoms with Gasteiger partial charge in [0, 0.05) is 0 Å². The van der Waals surface area contributed by atoms with Gasteiger partial charge in [0.2, 0.25) is 0 Å². The van der Waals surface area contributed by atoms with Crippen LogP contribution in [-0.4, -0.2) is 156 Å². The van der Waals surface area contributed by atoms with Crippen molar-refractivity contribution < 1.29 is 74.7 Å². The summed E-state index contributed by atoms with van der Waals surface area (Å²) in [6.45, 7) is -0.122. The first-order valence-electron chi connectivity index (χ1n) is 10.4. The Hall–Kier alpha value is -0.600. The molecular formula is C18H32O15. The molecule has 0 radical (unpaired) electrons. The highest BCUT2D eigenvalue weighted by molar-refractivity contribution is 4.96. The molecule has 0 bridgehead atoms. The predicted octanol–water partition coefficient (Wildman–Crippen LogP) is -6.55. The van der Waals surface area contributed by atoms with Gasteiger partial charge in [-0.2, -0.15) is 0 Å². The van der Waals surface area contributed by atoms with Gasteiger partial charge in [-0.1, -0.05) is 0 Å². The van der Waals surface area contributed by atoms with E-state index in [1.54, 1.807) is 0 Å². The van der Waals surface area contributed by atoms with Crippen molar-refractivity contribution in [2.75, 3.05) is 13.2 Å². The van der Waals surface area contributed by atoms with Gasteiger partial charge in [-0.3, -0.25) is 0 Å². The molecule has 0 amide bonds. The number of hydrogen-bond acceptors (Lipinski definition) is 15. The number of aliphatic hydroxyl groups is 10. The van der Waals surface area contributed by atoms with Gasteiger partial charge in [0.05, 0.1) is 19.3 Å². The minimum Gasteiger partial charge on any atom is -0.394 e. The fraction of sp³-hybridized carbons (Fsp3) is 1.00. The van der Waals surface area contributed by atoms with Gasteiger partial charge in [-0.25, -0.2) is 0 Å². The molecule has 15 nitrogen and oxygen atoms in total. The maximum absolute atomic E-state index is 10.7. The van der Waals surface area contributed by atoms with E-state index in [2.05, 4.69) is 0 Å². The molecule has 3 rings (SSSR count). The second-order valence-corrected chi connectivity index (χ2v) is 8.32. The molecule has 0 aromatic carbocycles. The van der Waals surface area contributed by atoms with Gasteiger partial charge in [-0.15, -0.1) is 0 Å². The number of ether oxygens (including phenoxy) is 5. The van der Waals surface area contributed by atoms with Crippen LogP contribution in [0.1, 0.15) is 6.92 Å². The summed E-state index contributed by atoms with van der Waals surface area (Å²) in [5.41, 5.74) is 0. The van der Waals surface area contributed by atoms with Crippen molar-refractivity contribution in [3.8, 4) is 0 Å². The Labute approximate surface area is 187 Å². The number of rotatable bonds is 6. The standard InChI is InChI=1S/C18H32O15/c1-4-7(21)9(23)12(26)17(29-4)33-15-8(22)5(2-19)31-18(13(15)27)32-14-6(3-20)30-16(28)11(25)10(14)24/h4-28H,2-3H2,1H3/t4-,5-,6-,7-,8-,9+,10-,11+,12+,13+,14-,15+,16-,17-,18+/m1/s1.